The second-order valence-corrected chi connectivity index (χ2v) is 4.29. The Labute approximate surface area is 92.3 Å². The molecule has 0 fully saturated rings. The lowest BCUT2D eigenvalue weighted by atomic mass is 9.99. The van der Waals surface area contributed by atoms with Gasteiger partial charge in [-0.3, -0.25) is 4.79 Å². The van der Waals surface area contributed by atoms with E-state index in [1.54, 1.807) is 7.05 Å². The molecule has 0 aromatic carbocycles. The van der Waals surface area contributed by atoms with Crippen molar-refractivity contribution in [3.05, 3.63) is 0 Å². The lowest BCUT2D eigenvalue weighted by Crippen LogP contribution is -2.49. The number of hydrogen-bond acceptors (Lipinski definition) is 4. The zero-order chi connectivity index (χ0) is 11.9. The van der Waals surface area contributed by atoms with Gasteiger partial charge in [0.05, 0.1) is 7.11 Å². The Morgan fingerprint density at radius 2 is 2.07 bits per heavy atom. The third kappa shape index (κ3) is 5.14. The zero-order valence-electron chi connectivity index (χ0n) is 10.4. The average Bonchev–Trinajstić information content (AvgIpc) is 2.22. The Bertz CT molecular complexity index is 194. The normalized spacial score (nSPS) is 15.1. The van der Waals surface area contributed by atoms with E-state index in [1.807, 2.05) is 6.92 Å². The van der Waals surface area contributed by atoms with Crippen molar-refractivity contribution >= 4 is 5.97 Å². The van der Waals surface area contributed by atoms with Crippen LogP contribution < -0.4 is 5.32 Å². The molecular formula is C11H23NO3. The molecule has 0 spiro atoms. The predicted octanol–water partition coefficient (Wildman–Crippen LogP) is 1.20. The van der Waals surface area contributed by atoms with Gasteiger partial charge >= 0.3 is 5.97 Å². The van der Waals surface area contributed by atoms with E-state index in [0.29, 0.717) is 18.9 Å². The molecule has 0 aromatic heterocycles. The summed E-state index contributed by atoms with van der Waals surface area (Å²) < 4.78 is 10.2. The van der Waals surface area contributed by atoms with E-state index >= 15 is 0 Å². The molecule has 15 heavy (non-hydrogen) atoms. The highest BCUT2D eigenvalue weighted by Gasteiger charge is 2.31. The Morgan fingerprint density at radius 1 is 1.47 bits per heavy atom. The zero-order valence-corrected chi connectivity index (χ0v) is 10.4. The molecule has 90 valence electrons. The van der Waals surface area contributed by atoms with Crippen molar-refractivity contribution in [2.24, 2.45) is 5.92 Å². The molecule has 0 aliphatic heterocycles. The van der Waals surface area contributed by atoms with Gasteiger partial charge in [0.15, 0.2) is 0 Å². The lowest BCUT2D eigenvalue weighted by molar-refractivity contribution is -0.148. The molecule has 0 heterocycles. The van der Waals surface area contributed by atoms with Crippen LogP contribution in [0, 0.1) is 5.92 Å². The molecule has 1 N–H and O–H groups in total. The quantitative estimate of drug-likeness (QED) is 0.514. The van der Waals surface area contributed by atoms with Crippen LogP contribution in [0.25, 0.3) is 0 Å². The van der Waals surface area contributed by atoms with Crippen LogP contribution in [0.15, 0.2) is 0 Å². The second-order valence-electron chi connectivity index (χ2n) is 4.29. The number of ether oxygens (including phenoxy) is 2. The third-order valence-electron chi connectivity index (χ3n) is 2.39. The van der Waals surface area contributed by atoms with Crippen LogP contribution in [0.5, 0.6) is 0 Å². The molecule has 0 aliphatic carbocycles. The second kappa shape index (κ2) is 6.80. The van der Waals surface area contributed by atoms with E-state index in [-0.39, 0.29) is 5.97 Å². The highest BCUT2D eigenvalue weighted by molar-refractivity contribution is 5.80. The molecule has 1 unspecified atom stereocenters. The summed E-state index contributed by atoms with van der Waals surface area (Å²) in [5.41, 5.74) is -0.647. The van der Waals surface area contributed by atoms with E-state index in [0.717, 1.165) is 6.61 Å². The van der Waals surface area contributed by atoms with Gasteiger partial charge in [-0.05, 0) is 26.3 Å². The molecule has 0 saturated heterocycles. The summed E-state index contributed by atoms with van der Waals surface area (Å²) >= 11 is 0. The van der Waals surface area contributed by atoms with Crippen molar-refractivity contribution in [1.29, 1.82) is 0 Å². The predicted molar refractivity (Wildman–Crippen MR) is 59.8 cm³/mol. The van der Waals surface area contributed by atoms with Gasteiger partial charge in [0.25, 0.3) is 0 Å². The van der Waals surface area contributed by atoms with Gasteiger partial charge < -0.3 is 14.8 Å². The number of methoxy groups -OCH3 is 1. The molecule has 0 radical (unpaired) electrons. The number of esters is 1. The van der Waals surface area contributed by atoms with Crippen molar-refractivity contribution < 1.29 is 14.3 Å². The fourth-order valence-corrected chi connectivity index (χ4v) is 1.15. The minimum absolute atomic E-state index is 0.252. The number of carbonyl (C=O) groups excluding carboxylic acids is 1. The van der Waals surface area contributed by atoms with Crippen molar-refractivity contribution in [3.8, 4) is 0 Å². The fraction of sp³-hybridized carbons (Fsp3) is 0.909. The standard InChI is InChI=1S/C11H23NO3/c1-9(2)8-15-7-6-11(3,12-4)10(13)14-5/h9,12H,6-8H2,1-5H3. The van der Waals surface area contributed by atoms with Gasteiger partial charge in [-0.15, -0.1) is 0 Å². The lowest BCUT2D eigenvalue weighted by Gasteiger charge is -2.25. The summed E-state index contributed by atoms with van der Waals surface area (Å²) in [6.07, 6.45) is 0.614. The van der Waals surface area contributed by atoms with Crippen LogP contribution in [0.3, 0.4) is 0 Å². The molecule has 0 aliphatic rings. The molecule has 0 bridgehead atoms. The summed E-state index contributed by atoms with van der Waals surface area (Å²) in [6.45, 7) is 7.29. The highest BCUT2D eigenvalue weighted by Crippen LogP contribution is 2.11. The number of carbonyl (C=O) groups is 1. The first kappa shape index (κ1) is 14.4. The SMILES string of the molecule is CNC(C)(CCOCC(C)C)C(=O)OC. The maximum absolute atomic E-state index is 11.5. The van der Waals surface area contributed by atoms with E-state index in [4.69, 9.17) is 9.47 Å². The van der Waals surface area contributed by atoms with Gasteiger partial charge in [-0.1, -0.05) is 13.8 Å². The fourth-order valence-electron chi connectivity index (χ4n) is 1.15. The van der Waals surface area contributed by atoms with Crippen LogP contribution in [0.1, 0.15) is 27.2 Å². The van der Waals surface area contributed by atoms with E-state index in [2.05, 4.69) is 19.2 Å². The molecule has 0 amide bonds. The summed E-state index contributed by atoms with van der Waals surface area (Å²) in [5.74, 6) is 0.266. The molecule has 0 rings (SSSR count). The summed E-state index contributed by atoms with van der Waals surface area (Å²) in [6, 6.07) is 0. The van der Waals surface area contributed by atoms with Crippen molar-refractivity contribution in [2.75, 3.05) is 27.4 Å². The van der Waals surface area contributed by atoms with Gasteiger partial charge in [-0.2, -0.15) is 0 Å². The van der Waals surface area contributed by atoms with Gasteiger partial charge in [0, 0.05) is 13.2 Å². The molecule has 0 aromatic rings. The van der Waals surface area contributed by atoms with E-state index in [9.17, 15) is 4.79 Å². The van der Waals surface area contributed by atoms with Crippen LogP contribution in [0.2, 0.25) is 0 Å². The molecular weight excluding hydrogens is 194 g/mol. The third-order valence-corrected chi connectivity index (χ3v) is 2.39. The maximum atomic E-state index is 11.5. The van der Waals surface area contributed by atoms with E-state index in [1.165, 1.54) is 7.11 Å². The van der Waals surface area contributed by atoms with Crippen LogP contribution in [0.4, 0.5) is 0 Å². The smallest absolute Gasteiger partial charge is 0.325 e. The maximum Gasteiger partial charge on any atom is 0.325 e. The van der Waals surface area contributed by atoms with E-state index < -0.39 is 5.54 Å². The minimum atomic E-state index is -0.647. The first-order valence-corrected chi connectivity index (χ1v) is 5.31. The van der Waals surface area contributed by atoms with Crippen molar-refractivity contribution in [1.82, 2.24) is 5.32 Å². The Hall–Kier alpha value is -0.610. The minimum Gasteiger partial charge on any atom is -0.468 e. The van der Waals surface area contributed by atoms with Crippen LogP contribution in [-0.4, -0.2) is 38.9 Å². The summed E-state index contributed by atoms with van der Waals surface area (Å²) in [7, 11) is 3.15. The van der Waals surface area contributed by atoms with Gasteiger partial charge in [0.2, 0.25) is 0 Å². The summed E-state index contributed by atoms with van der Waals surface area (Å²) in [4.78, 5) is 11.5. The topological polar surface area (TPSA) is 47.6 Å². The van der Waals surface area contributed by atoms with Crippen LogP contribution >= 0.6 is 0 Å². The Morgan fingerprint density at radius 3 is 2.47 bits per heavy atom. The van der Waals surface area contributed by atoms with Crippen molar-refractivity contribution in [2.45, 2.75) is 32.7 Å². The molecule has 4 heteroatoms. The highest BCUT2D eigenvalue weighted by atomic mass is 16.5. The number of hydrogen-bond donors (Lipinski definition) is 1. The molecule has 0 saturated carbocycles. The summed E-state index contributed by atoms with van der Waals surface area (Å²) in [5, 5.41) is 2.96. The Kier molecular flexibility index (Phi) is 6.52. The largest absolute Gasteiger partial charge is 0.468 e. The van der Waals surface area contributed by atoms with Gasteiger partial charge in [-0.25, -0.2) is 0 Å². The number of rotatable bonds is 7. The molecule has 1 atom stereocenters. The number of likely N-dealkylation sites (N-methyl/N-ethyl adjacent to an activating group) is 1. The monoisotopic (exact) mass is 217 g/mol. The molecule has 4 nitrogen and oxygen atoms in total. The Balaban J connectivity index is 3.94. The van der Waals surface area contributed by atoms with Crippen LogP contribution in [-0.2, 0) is 14.3 Å². The average molecular weight is 217 g/mol. The first-order valence-electron chi connectivity index (χ1n) is 5.31. The first-order chi connectivity index (χ1) is 6.96. The van der Waals surface area contributed by atoms with Crippen molar-refractivity contribution in [3.63, 3.8) is 0 Å². The van der Waals surface area contributed by atoms with Gasteiger partial charge in [0.1, 0.15) is 5.54 Å². The number of nitrogens with one attached hydrogen (secondary N) is 1.